The molecule has 0 saturated carbocycles. The lowest BCUT2D eigenvalue weighted by Gasteiger charge is -2.06. The molecule has 0 spiro atoms. The molecule has 2 N–H and O–H groups in total. The second kappa shape index (κ2) is 6.74. The minimum atomic E-state index is -0.0423. The standard InChI is InChI=1S/C11H14Cl2N2O/c1-2-14-6-5-11(16)15-8-3-4-9(12)10(13)7-8/h3-4,7,14H,2,5-6H2,1H3,(H,15,16). The van der Waals surface area contributed by atoms with Crippen LogP contribution >= 0.6 is 23.2 Å². The molecule has 88 valence electrons. The summed E-state index contributed by atoms with van der Waals surface area (Å²) < 4.78 is 0. The van der Waals surface area contributed by atoms with Gasteiger partial charge >= 0.3 is 0 Å². The Morgan fingerprint density at radius 1 is 1.31 bits per heavy atom. The molecule has 0 bridgehead atoms. The summed E-state index contributed by atoms with van der Waals surface area (Å²) in [6, 6.07) is 5.01. The van der Waals surface area contributed by atoms with Gasteiger partial charge in [-0.1, -0.05) is 30.1 Å². The zero-order chi connectivity index (χ0) is 12.0. The summed E-state index contributed by atoms with van der Waals surface area (Å²) in [7, 11) is 0. The first-order valence-corrected chi connectivity index (χ1v) is 5.84. The Balaban J connectivity index is 2.46. The first kappa shape index (κ1) is 13.3. The highest BCUT2D eigenvalue weighted by Gasteiger charge is 2.03. The van der Waals surface area contributed by atoms with Gasteiger partial charge in [0.05, 0.1) is 10.0 Å². The summed E-state index contributed by atoms with van der Waals surface area (Å²) in [5.41, 5.74) is 0.663. The van der Waals surface area contributed by atoms with Crippen molar-refractivity contribution in [2.75, 3.05) is 18.4 Å². The zero-order valence-electron chi connectivity index (χ0n) is 9.02. The van der Waals surface area contributed by atoms with Crippen LogP contribution in [0.25, 0.3) is 0 Å². The van der Waals surface area contributed by atoms with Crippen LogP contribution in [-0.4, -0.2) is 19.0 Å². The number of benzene rings is 1. The molecule has 1 aromatic rings. The Morgan fingerprint density at radius 2 is 2.06 bits per heavy atom. The minimum absolute atomic E-state index is 0.0423. The molecule has 1 aromatic carbocycles. The average Bonchev–Trinajstić information content (AvgIpc) is 2.24. The maximum absolute atomic E-state index is 11.5. The molecule has 0 aliphatic carbocycles. The van der Waals surface area contributed by atoms with Gasteiger partial charge in [0.2, 0.25) is 5.91 Å². The zero-order valence-corrected chi connectivity index (χ0v) is 10.5. The second-order valence-electron chi connectivity index (χ2n) is 3.28. The van der Waals surface area contributed by atoms with Gasteiger partial charge in [0.25, 0.3) is 0 Å². The summed E-state index contributed by atoms with van der Waals surface area (Å²) in [5.74, 6) is -0.0423. The first-order valence-electron chi connectivity index (χ1n) is 5.09. The molecule has 0 radical (unpaired) electrons. The van der Waals surface area contributed by atoms with E-state index in [1.54, 1.807) is 18.2 Å². The minimum Gasteiger partial charge on any atom is -0.326 e. The van der Waals surface area contributed by atoms with E-state index in [1.165, 1.54) is 0 Å². The highest BCUT2D eigenvalue weighted by Crippen LogP contribution is 2.24. The Labute approximate surface area is 105 Å². The molecular weight excluding hydrogens is 247 g/mol. The number of carbonyl (C=O) groups is 1. The van der Waals surface area contributed by atoms with Crippen molar-refractivity contribution in [1.29, 1.82) is 0 Å². The van der Waals surface area contributed by atoms with E-state index in [-0.39, 0.29) is 5.91 Å². The Morgan fingerprint density at radius 3 is 2.69 bits per heavy atom. The lowest BCUT2D eigenvalue weighted by molar-refractivity contribution is -0.116. The second-order valence-corrected chi connectivity index (χ2v) is 4.10. The third-order valence-corrected chi connectivity index (χ3v) is 2.72. The van der Waals surface area contributed by atoms with Crippen LogP contribution < -0.4 is 10.6 Å². The molecule has 0 saturated heterocycles. The molecule has 0 heterocycles. The highest BCUT2D eigenvalue weighted by atomic mass is 35.5. The van der Waals surface area contributed by atoms with Gasteiger partial charge in [-0.05, 0) is 24.7 Å². The number of anilines is 1. The summed E-state index contributed by atoms with van der Waals surface area (Å²) >= 11 is 11.6. The quantitative estimate of drug-likeness (QED) is 0.800. The number of amides is 1. The maximum Gasteiger partial charge on any atom is 0.225 e. The van der Waals surface area contributed by atoms with Crippen LogP contribution in [0.1, 0.15) is 13.3 Å². The molecule has 0 aromatic heterocycles. The SMILES string of the molecule is CCNCCC(=O)Nc1ccc(Cl)c(Cl)c1. The van der Waals surface area contributed by atoms with Crippen molar-refractivity contribution in [3.8, 4) is 0 Å². The summed E-state index contributed by atoms with van der Waals surface area (Å²) in [6.45, 7) is 3.53. The molecule has 5 heteroatoms. The Bertz CT molecular complexity index is 369. The molecule has 1 rings (SSSR count). The van der Waals surface area contributed by atoms with Gasteiger partial charge in [-0.3, -0.25) is 4.79 Å². The van der Waals surface area contributed by atoms with Crippen LogP contribution in [0.2, 0.25) is 10.0 Å². The first-order chi connectivity index (χ1) is 7.63. The van der Waals surface area contributed by atoms with Gasteiger partial charge in [-0.25, -0.2) is 0 Å². The number of nitrogens with one attached hydrogen (secondary N) is 2. The molecule has 0 aliphatic heterocycles. The molecule has 16 heavy (non-hydrogen) atoms. The fourth-order valence-corrected chi connectivity index (χ4v) is 1.47. The van der Waals surface area contributed by atoms with Gasteiger partial charge in [0, 0.05) is 18.7 Å². The highest BCUT2D eigenvalue weighted by molar-refractivity contribution is 6.42. The van der Waals surface area contributed by atoms with E-state index in [0.717, 1.165) is 6.54 Å². The number of hydrogen-bond donors (Lipinski definition) is 2. The molecule has 0 unspecified atom stereocenters. The number of carbonyl (C=O) groups excluding carboxylic acids is 1. The van der Waals surface area contributed by atoms with Crippen molar-refractivity contribution in [1.82, 2.24) is 5.32 Å². The van der Waals surface area contributed by atoms with E-state index in [0.29, 0.717) is 28.7 Å². The van der Waals surface area contributed by atoms with Crippen molar-refractivity contribution < 1.29 is 4.79 Å². The number of hydrogen-bond acceptors (Lipinski definition) is 2. The van der Waals surface area contributed by atoms with Crippen LogP contribution in [0, 0.1) is 0 Å². The van der Waals surface area contributed by atoms with E-state index >= 15 is 0 Å². The third-order valence-electron chi connectivity index (χ3n) is 1.98. The Kier molecular flexibility index (Phi) is 5.60. The molecular formula is C11H14Cl2N2O. The van der Waals surface area contributed by atoms with Gasteiger partial charge in [-0.2, -0.15) is 0 Å². The van der Waals surface area contributed by atoms with Gasteiger partial charge in [-0.15, -0.1) is 0 Å². The van der Waals surface area contributed by atoms with Crippen LogP contribution in [0.15, 0.2) is 18.2 Å². The summed E-state index contributed by atoms with van der Waals surface area (Å²) in [5, 5.41) is 6.74. The molecule has 3 nitrogen and oxygen atoms in total. The van der Waals surface area contributed by atoms with Gasteiger partial charge in [0.1, 0.15) is 0 Å². The van der Waals surface area contributed by atoms with Crippen molar-refractivity contribution in [3.05, 3.63) is 28.2 Å². The van der Waals surface area contributed by atoms with Gasteiger partial charge < -0.3 is 10.6 Å². The predicted octanol–water partition coefficient (Wildman–Crippen LogP) is 2.93. The molecule has 0 atom stereocenters. The fourth-order valence-electron chi connectivity index (χ4n) is 1.18. The maximum atomic E-state index is 11.5. The van der Waals surface area contributed by atoms with Crippen LogP contribution in [0.5, 0.6) is 0 Å². The fraction of sp³-hybridized carbons (Fsp3) is 0.364. The van der Waals surface area contributed by atoms with Crippen molar-refractivity contribution in [3.63, 3.8) is 0 Å². The van der Waals surface area contributed by atoms with E-state index in [1.807, 2.05) is 6.92 Å². The van der Waals surface area contributed by atoms with E-state index in [4.69, 9.17) is 23.2 Å². The largest absolute Gasteiger partial charge is 0.326 e. The summed E-state index contributed by atoms with van der Waals surface area (Å²) in [6.07, 6.45) is 0.439. The van der Waals surface area contributed by atoms with E-state index in [2.05, 4.69) is 10.6 Å². The average molecular weight is 261 g/mol. The van der Waals surface area contributed by atoms with E-state index in [9.17, 15) is 4.79 Å². The molecule has 1 amide bonds. The van der Waals surface area contributed by atoms with Crippen LogP contribution in [0.3, 0.4) is 0 Å². The van der Waals surface area contributed by atoms with Gasteiger partial charge in [0.15, 0.2) is 0 Å². The van der Waals surface area contributed by atoms with Crippen molar-refractivity contribution in [2.24, 2.45) is 0 Å². The summed E-state index contributed by atoms with van der Waals surface area (Å²) in [4.78, 5) is 11.5. The lowest BCUT2D eigenvalue weighted by Crippen LogP contribution is -2.21. The topological polar surface area (TPSA) is 41.1 Å². The normalized spacial score (nSPS) is 10.2. The monoisotopic (exact) mass is 260 g/mol. The Hall–Kier alpha value is -0.770. The predicted molar refractivity (Wildman–Crippen MR) is 68.3 cm³/mol. The third kappa shape index (κ3) is 4.39. The lowest BCUT2D eigenvalue weighted by atomic mass is 10.3. The smallest absolute Gasteiger partial charge is 0.225 e. The number of halogens is 2. The van der Waals surface area contributed by atoms with E-state index < -0.39 is 0 Å². The molecule has 0 aliphatic rings. The van der Waals surface area contributed by atoms with Crippen molar-refractivity contribution in [2.45, 2.75) is 13.3 Å². The molecule has 0 fully saturated rings. The van der Waals surface area contributed by atoms with Crippen LogP contribution in [0.4, 0.5) is 5.69 Å². The van der Waals surface area contributed by atoms with Crippen LogP contribution in [-0.2, 0) is 4.79 Å². The number of rotatable bonds is 5. The van der Waals surface area contributed by atoms with Crippen molar-refractivity contribution >= 4 is 34.8 Å².